The summed E-state index contributed by atoms with van der Waals surface area (Å²) < 4.78 is 10.7. The van der Waals surface area contributed by atoms with Crippen LogP contribution in [0.25, 0.3) is 22.5 Å². The van der Waals surface area contributed by atoms with Crippen molar-refractivity contribution >= 4 is 11.3 Å². The van der Waals surface area contributed by atoms with Crippen LogP contribution in [0, 0.1) is 12.3 Å². The molecular formula is C19H16N2O2S. The molecule has 24 heavy (non-hydrogen) atoms. The number of fused-ring (bicyclic) bond motifs is 3. The Balaban J connectivity index is 1.63. The third-order valence-electron chi connectivity index (χ3n) is 4.15. The normalized spacial score (nSPS) is 11.8. The largest absolute Gasteiger partial charge is 0.491 e. The first-order valence-corrected chi connectivity index (χ1v) is 8.56. The number of nitrogens with zero attached hydrogens (tertiary/aromatic N) is 1. The SMILES string of the molecule is C#Cc1cc(-c2n[nH]c3c2Cc2cc(OCCOC)ccc2-3)cs1. The summed E-state index contributed by atoms with van der Waals surface area (Å²) >= 11 is 1.57. The lowest BCUT2D eigenvalue weighted by atomic mass is 10.1. The maximum absolute atomic E-state index is 5.71. The lowest BCUT2D eigenvalue weighted by Gasteiger charge is -2.07. The maximum Gasteiger partial charge on any atom is 0.119 e. The Morgan fingerprint density at radius 2 is 2.25 bits per heavy atom. The van der Waals surface area contributed by atoms with Crippen molar-refractivity contribution in [1.82, 2.24) is 10.2 Å². The van der Waals surface area contributed by atoms with Gasteiger partial charge in [-0.15, -0.1) is 17.8 Å². The van der Waals surface area contributed by atoms with E-state index in [1.807, 2.05) is 12.1 Å². The standard InChI is InChI=1S/C19H16N2O2S/c1-3-15-9-13(11-24-15)18-17-10-12-8-14(23-7-6-22-2)4-5-16(12)19(17)21-20-18/h1,4-5,8-9,11H,6-7,10H2,2H3,(H,20,21). The van der Waals surface area contributed by atoms with Crippen molar-refractivity contribution in [2.45, 2.75) is 6.42 Å². The minimum Gasteiger partial charge on any atom is -0.491 e. The predicted molar refractivity (Wildman–Crippen MR) is 95.4 cm³/mol. The summed E-state index contributed by atoms with van der Waals surface area (Å²) in [5.74, 6) is 3.55. The van der Waals surface area contributed by atoms with Crippen LogP contribution in [0.5, 0.6) is 5.75 Å². The van der Waals surface area contributed by atoms with E-state index in [0.29, 0.717) is 13.2 Å². The number of H-pyrrole nitrogens is 1. The molecule has 0 aliphatic heterocycles. The molecule has 1 aromatic carbocycles. The second-order valence-corrected chi connectivity index (χ2v) is 6.52. The summed E-state index contributed by atoms with van der Waals surface area (Å²) in [6.07, 6.45) is 6.32. The Hall–Kier alpha value is -2.55. The molecule has 4 rings (SSSR count). The highest BCUT2D eigenvalue weighted by molar-refractivity contribution is 7.11. The van der Waals surface area contributed by atoms with E-state index in [0.717, 1.165) is 34.0 Å². The molecular weight excluding hydrogens is 320 g/mol. The van der Waals surface area contributed by atoms with Crippen LogP contribution in [0.2, 0.25) is 0 Å². The zero-order valence-corrected chi connectivity index (χ0v) is 14.1. The van der Waals surface area contributed by atoms with E-state index in [1.54, 1.807) is 18.4 Å². The van der Waals surface area contributed by atoms with E-state index in [1.165, 1.54) is 16.7 Å². The molecule has 0 saturated heterocycles. The van der Waals surface area contributed by atoms with Gasteiger partial charge in [0, 0.05) is 35.6 Å². The lowest BCUT2D eigenvalue weighted by molar-refractivity contribution is 0.146. The van der Waals surface area contributed by atoms with Gasteiger partial charge in [0.05, 0.1) is 22.9 Å². The summed E-state index contributed by atoms with van der Waals surface area (Å²) in [6.45, 7) is 1.14. The van der Waals surface area contributed by atoms with E-state index in [4.69, 9.17) is 15.9 Å². The van der Waals surface area contributed by atoms with Gasteiger partial charge in [-0.25, -0.2) is 0 Å². The number of aromatic nitrogens is 2. The van der Waals surface area contributed by atoms with E-state index < -0.39 is 0 Å². The molecule has 0 fully saturated rings. The molecule has 0 radical (unpaired) electrons. The predicted octanol–water partition coefficient (Wildman–Crippen LogP) is 3.72. The van der Waals surface area contributed by atoms with Crippen LogP contribution in [0.4, 0.5) is 0 Å². The summed E-state index contributed by atoms with van der Waals surface area (Å²) in [4.78, 5) is 0.922. The lowest BCUT2D eigenvalue weighted by Crippen LogP contribution is -2.04. The van der Waals surface area contributed by atoms with Gasteiger partial charge in [-0.1, -0.05) is 5.92 Å². The van der Waals surface area contributed by atoms with Gasteiger partial charge in [0.1, 0.15) is 12.4 Å². The van der Waals surface area contributed by atoms with Crippen molar-refractivity contribution in [3.63, 3.8) is 0 Å². The molecule has 1 aliphatic rings. The van der Waals surface area contributed by atoms with Gasteiger partial charge >= 0.3 is 0 Å². The molecule has 120 valence electrons. The molecule has 3 aromatic rings. The van der Waals surface area contributed by atoms with Gasteiger partial charge < -0.3 is 9.47 Å². The van der Waals surface area contributed by atoms with E-state index in [-0.39, 0.29) is 0 Å². The number of nitrogens with one attached hydrogen (secondary N) is 1. The second kappa shape index (κ2) is 6.16. The zero-order chi connectivity index (χ0) is 16.5. The van der Waals surface area contributed by atoms with Gasteiger partial charge in [0.2, 0.25) is 0 Å². The molecule has 0 amide bonds. The summed E-state index contributed by atoms with van der Waals surface area (Å²) in [5, 5.41) is 9.75. The molecule has 2 heterocycles. The van der Waals surface area contributed by atoms with Crippen LogP contribution in [0.3, 0.4) is 0 Å². The Labute approximate surface area is 144 Å². The average molecular weight is 336 g/mol. The Morgan fingerprint density at radius 1 is 1.33 bits per heavy atom. The molecule has 0 unspecified atom stereocenters. The van der Waals surface area contributed by atoms with E-state index in [2.05, 4.69) is 33.6 Å². The number of hydrogen-bond donors (Lipinski definition) is 1. The molecule has 0 spiro atoms. The number of thiophene rings is 1. The van der Waals surface area contributed by atoms with Gasteiger partial charge in [-0.3, -0.25) is 5.10 Å². The third kappa shape index (κ3) is 2.50. The fraction of sp³-hybridized carbons (Fsp3) is 0.211. The number of hydrogen-bond acceptors (Lipinski definition) is 4. The Bertz CT molecular complexity index is 933. The molecule has 0 saturated carbocycles. The number of benzene rings is 1. The first-order chi connectivity index (χ1) is 11.8. The van der Waals surface area contributed by atoms with Crippen LogP contribution in [0.1, 0.15) is 16.0 Å². The van der Waals surface area contributed by atoms with Gasteiger partial charge in [-0.2, -0.15) is 5.10 Å². The molecule has 4 nitrogen and oxygen atoms in total. The molecule has 0 bridgehead atoms. The molecule has 5 heteroatoms. The summed E-state index contributed by atoms with van der Waals surface area (Å²) in [7, 11) is 1.67. The highest BCUT2D eigenvalue weighted by Crippen LogP contribution is 2.41. The molecule has 2 aromatic heterocycles. The van der Waals surface area contributed by atoms with Gasteiger partial charge in [0.25, 0.3) is 0 Å². The topological polar surface area (TPSA) is 47.1 Å². The fourth-order valence-electron chi connectivity index (χ4n) is 3.02. The minimum atomic E-state index is 0.553. The minimum absolute atomic E-state index is 0.553. The van der Waals surface area contributed by atoms with Crippen molar-refractivity contribution in [3.8, 4) is 40.6 Å². The van der Waals surface area contributed by atoms with E-state index >= 15 is 0 Å². The van der Waals surface area contributed by atoms with Crippen molar-refractivity contribution in [1.29, 1.82) is 0 Å². The third-order valence-corrected chi connectivity index (χ3v) is 5.01. The molecule has 1 aliphatic carbocycles. The second-order valence-electron chi connectivity index (χ2n) is 5.61. The fourth-order valence-corrected chi connectivity index (χ4v) is 3.71. The number of ether oxygens (including phenoxy) is 2. The first-order valence-electron chi connectivity index (χ1n) is 7.68. The van der Waals surface area contributed by atoms with Crippen LogP contribution in [-0.4, -0.2) is 30.5 Å². The van der Waals surface area contributed by atoms with Crippen LogP contribution in [0.15, 0.2) is 29.6 Å². The summed E-state index contributed by atoms with van der Waals surface area (Å²) in [5.41, 5.74) is 6.82. The summed E-state index contributed by atoms with van der Waals surface area (Å²) in [6, 6.07) is 8.20. The zero-order valence-electron chi connectivity index (χ0n) is 13.3. The maximum atomic E-state index is 5.71. The van der Waals surface area contributed by atoms with Gasteiger partial charge in [-0.05, 0) is 29.8 Å². The van der Waals surface area contributed by atoms with Crippen LogP contribution < -0.4 is 4.74 Å². The Kier molecular flexibility index (Phi) is 3.85. The van der Waals surface area contributed by atoms with Crippen LogP contribution in [-0.2, 0) is 11.2 Å². The van der Waals surface area contributed by atoms with E-state index in [9.17, 15) is 0 Å². The quantitative estimate of drug-likeness (QED) is 0.446. The molecule has 0 atom stereocenters. The average Bonchev–Trinajstić information content (AvgIpc) is 3.29. The highest BCUT2D eigenvalue weighted by Gasteiger charge is 2.25. The number of terminal acetylenes is 1. The monoisotopic (exact) mass is 336 g/mol. The first kappa shape index (κ1) is 15.0. The Morgan fingerprint density at radius 3 is 3.04 bits per heavy atom. The van der Waals surface area contributed by atoms with Crippen LogP contribution >= 0.6 is 11.3 Å². The number of aromatic amines is 1. The highest BCUT2D eigenvalue weighted by atomic mass is 32.1. The van der Waals surface area contributed by atoms with Crippen molar-refractivity contribution in [2.75, 3.05) is 20.3 Å². The van der Waals surface area contributed by atoms with Crippen molar-refractivity contribution < 1.29 is 9.47 Å². The number of rotatable bonds is 5. The van der Waals surface area contributed by atoms with Crippen molar-refractivity contribution in [3.05, 3.63) is 45.6 Å². The molecule has 1 N–H and O–H groups in total. The van der Waals surface area contributed by atoms with Gasteiger partial charge in [0.15, 0.2) is 0 Å². The van der Waals surface area contributed by atoms with Crippen molar-refractivity contribution in [2.24, 2.45) is 0 Å². The number of methoxy groups -OCH3 is 1. The smallest absolute Gasteiger partial charge is 0.119 e.